The lowest BCUT2D eigenvalue weighted by Gasteiger charge is -2.06. The molecule has 0 saturated carbocycles. The molecule has 20 heavy (non-hydrogen) atoms. The van der Waals surface area contributed by atoms with Crippen LogP contribution in [0, 0.1) is 0 Å². The van der Waals surface area contributed by atoms with Crippen LogP contribution in [-0.4, -0.2) is 42.9 Å². The molecule has 0 aliphatic heterocycles. The van der Waals surface area contributed by atoms with E-state index in [1.807, 2.05) is 12.1 Å². The Morgan fingerprint density at radius 2 is 2.20 bits per heavy atom. The number of aromatic nitrogens is 3. The summed E-state index contributed by atoms with van der Waals surface area (Å²) in [6, 6.07) is 3.79. The highest BCUT2D eigenvalue weighted by molar-refractivity contribution is 7.89. The highest BCUT2D eigenvalue weighted by Gasteiger charge is 2.09. The largest absolute Gasteiger partial charge is 0.311 e. The first-order chi connectivity index (χ1) is 9.62. The van der Waals surface area contributed by atoms with Gasteiger partial charge in [-0.3, -0.25) is 10.1 Å². The molecular formula is C12H17N5O2S. The molecule has 3 N–H and O–H groups in total. The molecule has 0 unspecified atom stereocenters. The molecule has 2 rings (SSSR count). The normalized spacial score (nSPS) is 11.7. The first kappa shape index (κ1) is 14.6. The van der Waals surface area contributed by atoms with Crippen LogP contribution in [0.5, 0.6) is 0 Å². The molecule has 0 aromatic carbocycles. The van der Waals surface area contributed by atoms with Crippen molar-refractivity contribution < 1.29 is 8.42 Å². The van der Waals surface area contributed by atoms with Crippen LogP contribution >= 0.6 is 0 Å². The zero-order chi connectivity index (χ0) is 14.4. The molecule has 0 amide bonds. The van der Waals surface area contributed by atoms with Gasteiger partial charge in [-0.1, -0.05) is 0 Å². The molecule has 2 aromatic heterocycles. The van der Waals surface area contributed by atoms with Crippen molar-refractivity contribution in [1.29, 1.82) is 0 Å². The van der Waals surface area contributed by atoms with Gasteiger partial charge in [-0.25, -0.2) is 13.1 Å². The van der Waals surface area contributed by atoms with Gasteiger partial charge in [0.05, 0.1) is 17.6 Å². The van der Waals surface area contributed by atoms with Crippen LogP contribution in [0.3, 0.4) is 0 Å². The van der Waals surface area contributed by atoms with E-state index in [1.165, 1.54) is 7.05 Å². The maximum atomic E-state index is 11.3. The minimum atomic E-state index is -3.17. The summed E-state index contributed by atoms with van der Waals surface area (Å²) in [5, 5.41) is 10.0. The van der Waals surface area contributed by atoms with Crippen LogP contribution in [0.1, 0.15) is 5.56 Å². The highest BCUT2D eigenvalue weighted by Crippen LogP contribution is 2.19. The van der Waals surface area contributed by atoms with Crippen LogP contribution in [0.25, 0.3) is 11.3 Å². The van der Waals surface area contributed by atoms with Gasteiger partial charge in [0.2, 0.25) is 10.0 Å². The number of pyridine rings is 1. The van der Waals surface area contributed by atoms with Crippen molar-refractivity contribution in [3.8, 4) is 11.3 Å². The summed E-state index contributed by atoms with van der Waals surface area (Å²) in [6.07, 6.45) is 5.19. The highest BCUT2D eigenvalue weighted by atomic mass is 32.2. The maximum Gasteiger partial charge on any atom is 0.212 e. The fourth-order valence-corrected chi connectivity index (χ4v) is 2.35. The second-order valence-electron chi connectivity index (χ2n) is 4.21. The molecule has 0 aliphatic carbocycles. The molecule has 108 valence electrons. The van der Waals surface area contributed by atoms with Gasteiger partial charge in [-0.15, -0.1) is 0 Å². The molecule has 2 heterocycles. The van der Waals surface area contributed by atoms with E-state index in [-0.39, 0.29) is 5.75 Å². The number of hydrogen-bond acceptors (Lipinski definition) is 5. The fraction of sp³-hybridized carbons (Fsp3) is 0.333. The van der Waals surface area contributed by atoms with Crippen LogP contribution in [0.15, 0.2) is 30.7 Å². The lowest BCUT2D eigenvalue weighted by molar-refractivity contribution is 0.583. The van der Waals surface area contributed by atoms with Crippen molar-refractivity contribution in [2.75, 3.05) is 19.3 Å². The number of sulfonamides is 1. The van der Waals surface area contributed by atoms with E-state index < -0.39 is 10.0 Å². The second-order valence-corrected chi connectivity index (χ2v) is 6.26. The Balaban J connectivity index is 1.94. The van der Waals surface area contributed by atoms with E-state index >= 15 is 0 Å². The average Bonchev–Trinajstić information content (AvgIpc) is 2.93. The number of nitrogens with zero attached hydrogens (tertiary/aromatic N) is 2. The quantitative estimate of drug-likeness (QED) is 0.630. The van der Waals surface area contributed by atoms with Gasteiger partial charge >= 0.3 is 0 Å². The summed E-state index contributed by atoms with van der Waals surface area (Å²) in [5.41, 5.74) is 2.81. The topological polar surface area (TPSA) is 99.8 Å². The minimum absolute atomic E-state index is 0.0452. The van der Waals surface area contributed by atoms with Crippen molar-refractivity contribution in [2.24, 2.45) is 0 Å². The number of rotatable bonds is 7. The first-order valence-electron chi connectivity index (χ1n) is 6.17. The van der Waals surface area contributed by atoms with Crippen molar-refractivity contribution in [3.63, 3.8) is 0 Å². The standard InChI is InChI=1S/C12H17N5O2S/c1-13-20(18,19)6-5-15-8-11-9-16-17-12(11)10-3-2-4-14-7-10/h2-4,7,9,13,15H,5-6,8H2,1H3,(H,16,17). The zero-order valence-electron chi connectivity index (χ0n) is 11.1. The van der Waals surface area contributed by atoms with Crippen molar-refractivity contribution in [2.45, 2.75) is 6.54 Å². The summed E-state index contributed by atoms with van der Waals surface area (Å²) in [7, 11) is -1.76. The van der Waals surface area contributed by atoms with E-state index in [0.29, 0.717) is 13.1 Å². The maximum absolute atomic E-state index is 11.3. The van der Waals surface area contributed by atoms with Gasteiger partial charge < -0.3 is 5.32 Å². The van der Waals surface area contributed by atoms with Crippen LogP contribution in [0.2, 0.25) is 0 Å². The van der Waals surface area contributed by atoms with Crippen LogP contribution in [0.4, 0.5) is 0 Å². The third-order valence-corrected chi connectivity index (χ3v) is 4.21. The third kappa shape index (κ3) is 3.86. The summed E-state index contributed by atoms with van der Waals surface area (Å²) in [6.45, 7) is 0.917. The first-order valence-corrected chi connectivity index (χ1v) is 7.82. The number of H-pyrrole nitrogens is 1. The Bertz CT molecular complexity index is 639. The minimum Gasteiger partial charge on any atom is -0.311 e. The summed E-state index contributed by atoms with van der Waals surface area (Å²) in [5.74, 6) is 0.0452. The number of aromatic amines is 1. The van der Waals surface area contributed by atoms with Crippen molar-refractivity contribution >= 4 is 10.0 Å². The molecular weight excluding hydrogens is 278 g/mol. The molecule has 0 saturated heterocycles. The predicted octanol–water partition coefficient (Wildman–Crippen LogP) is 0.111. The molecule has 0 aliphatic rings. The molecule has 8 heteroatoms. The fourth-order valence-electron chi connectivity index (χ4n) is 1.74. The van der Waals surface area contributed by atoms with E-state index in [0.717, 1.165) is 16.8 Å². The van der Waals surface area contributed by atoms with Gasteiger partial charge in [0, 0.05) is 36.6 Å². The van der Waals surface area contributed by atoms with Crippen molar-refractivity contribution in [3.05, 3.63) is 36.3 Å². The summed E-state index contributed by atoms with van der Waals surface area (Å²) in [4.78, 5) is 4.07. The van der Waals surface area contributed by atoms with Crippen LogP contribution in [-0.2, 0) is 16.6 Å². The van der Waals surface area contributed by atoms with Gasteiger partial charge in [0.15, 0.2) is 0 Å². The van der Waals surface area contributed by atoms with E-state index in [9.17, 15) is 8.42 Å². The monoisotopic (exact) mass is 295 g/mol. The molecule has 0 spiro atoms. The smallest absolute Gasteiger partial charge is 0.212 e. The molecule has 0 radical (unpaired) electrons. The van der Waals surface area contributed by atoms with E-state index in [4.69, 9.17) is 0 Å². The van der Waals surface area contributed by atoms with Gasteiger partial charge in [-0.05, 0) is 19.2 Å². The molecule has 0 atom stereocenters. The lowest BCUT2D eigenvalue weighted by atomic mass is 10.1. The Hall–Kier alpha value is -1.77. The third-order valence-electron chi connectivity index (χ3n) is 2.84. The Labute approximate surface area is 117 Å². The Morgan fingerprint density at radius 3 is 2.90 bits per heavy atom. The SMILES string of the molecule is CNS(=O)(=O)CCNCc1cn[nH]c1-c1cccnc1. The lowest BCUT2D eigenvalue weighted by Crippen LogP contribution is -2.29. The van der Waals surface area contributed by atoms with Gasteiger partial charge in [-0.2, -0.15) is 5.10 Å². The molecule has 7 nitrogen and oxygen atoms in total. The summed E-state index contributed by atoms with van der Waals surface area (Å²) >= 11 is 0. The van der Waals surface area contributed by atoms with Crippen molar-refractivity contribution in [1.82, 2.24) is 25.2 Å². The van der Waals surface area contributed by atoms with Gasteiger partial charge in [0.1, 0.15) is 0 Å². The predicted molar refractivity (Wildman–Crippen MR) is 76.4 cm³/mol. The molecule has 2 aromatic rings. The summed E-state index contributed by atoms with van der Waals surface area (Å²) < 4.78 is 24.8. The zero-order valence-corrected chi connectivity index (χ0v) is 11.9. The van der Waals surface area contributed by atoms with E-state index in [2.05, 4.69) is 25.2 Å². The molecule has 0 bridgehead atoms. The van der Waals surface area contributed by atoms with Crippen LogP contribution < -0.4 is 10.0 Å². The number of nitrogens with one attached hydrogen (secondary N) is 3. The number of hydrogen-bond donors (Lipinski definition) is 3. The Morgan fingerprint density at radius 1 is 1.35 bits per heavy atom. The second kappa shape index (κ2) is 6.60. The average molecular weight is 295 g/mol. The van der Waals surface area contributed by atoms with Gasteiger partial charge in [0.25, 0.3) is 0 Å². The van der Waals surface area contributed by atoms with E-state index in [1.54, 1.807) is 18.6 Å². The molecule has 0 fully saturated rings. The Kier molecular flexibility index (Phi) is 4.83.